The molecule has 0 aliphatic rings. The van der Waals surface area contributed by atoms with Crippen LogP contribution in [0.3, 0.4) is 0 Å². The molecule has 0 saturated heterocycles. The van der Waals surface area contributed by atoms with E-state index in [1.54, 1.807) is 24.3 Å². The van der Waals surface area contributed by atoms with Gasteiger partial charge in [0, 0.05) is 37.9 Å². The number of nitrogens with one attached hydrogen (secondary N) is 1. The van der Waals surface area contributed by atoms with Crippen molar-refractivity contribution in [3.63, 3.8) is 0 Å². The number of rotatable bonds is 9. The average Bonchev–Trinajstić information content (AvgIpc) is 2.62. The van der Waals surface area contributed by atoms with Crippen molar-refractivity contribution < 1.29 is 42.9 Å². The molecule has 1 aromatic rings. The summed E-state index contributed by atoms with van der Waals surface area (Å²) in [5, 5.41) is 2.52. The van der Waals surface area contributed by atoms with Gasteiger partial charge in [0.15, 0.2) is 12.2 Å². The Labute approximate surface area is 181 Å². The molecule has 1 aromatic carbocycles. The van der Waals surface area contributed by atoms with Crippen LogP contribution in [0.15, 0.2) is 28.7 Å². The Bertz CT molecular complexity index is 794. The molecule has 0 fully saturated rings. The number of esters is 4. The Balaban J connectivity index is 3.25. The molecule has 0 saturated carbocycles. The maximum Gasteiger partial charge on any atom is 0.303 e. The number of carbonyl (C=O) groups is 5. The van der Waals surface area contributed by atoms with Crippen LogP contribution in [0, 0.1) is 0 Å². The second kappa shape index (κ2) is 11.9. The molecule has 0 spiro atoms. The third-order valence-corrected chi connectivity index (χ3v) is 3.93. The van der Waals surface area contributed by atoms with Gasteiger partial charge in [-0.05, 0) is 24.3 Å². The molecule has 0 aliphatic carbocycles. The van der Waals surface area contributed by atoms with Crippen LogP contribution in [-0.4, -0.2) is 54.7 Å². The molecular weight excluding hydrogens is 466 g/mol. The van der Waals surface area contributed by atoms with Crippen LogP contribution in [0.5, 0.6) is 0 Å². The van der Waals surface area contributed by atoms with Crippen LogP contribution in [0.4, 0.5) is 5.69 Å². The topological polar surface area (TPSA) is 134 Å². The zero-order chi connectivity index (χ0) is 22.8. The number of anilines is 1. The summed E-state index contributed by atoms with van der Waals surface area (Å²) in [5.74, 6) is -4.03. The van der Waals surface area contributed by atoms with Gasteiger partial charge in [-0.1, -0.05) is 15.9 Å². The summed E-state index contributed by atoms with van der Waals surface area (Å²) in [5.41, 5.74) is 0.367. The van der Waals surface area contributed by atoms with E-state index in [-0.39, 0.29) is 0 Å². The number of ether oxygens (including phenoxy) is 4. The second-order valence-corrected chi connectivity index (χ2v) is 6.97. The van der Waals surface area contributed by atoms with Gasteiger partial charge >= 0.3 is 23.9 Å². The van der Waals surface area contributed by atoms with Crippen molar-refractivity contribution in [3.8, 4) is 0 Å². The number of benzene rings is 1. The lowest BCUT2D eigenvalue weighted by atomic mass is 10.1. The van der Waals surface area contributed by atoms with Crippen molar-refractivity contribution in [2.45, 2.75) is 46.0 Å². The summed E-state index contributed by atoms with van der Waals surface area (Å²) in [4.78, 5) is 58.8. The van der Waals surface area contributed by atoms with Gasteiger partial charge in [0.1, 0.15) is 6.61 Å². The molecule has 0 aromatic heterocycles. The van der Waals surface area contributed by atoms with E-state index in [2.05, 4.69) is 21.2 Å². The summed E-state index contributed by atoms with van der Waals surface area (Å²) in [6, 6.07) is 6.50. The quantitative estimate of drug-likeness (QED) is 0.408. The van der Waals surface area contributed by atoms with Crippen LogP contribution in [0.2, 0.25) is 0 Å². The maximum absolute atomic E-state index is 12.8. The first-order chi connectivity index (χ1) is 14.0. The number of amides is 1. The molecule has 1 rings (SSSR count). The van der Waals surface area contributed by atoms with E-state index in [1.807, 2.05) is 0 Å². The number of carbonyl (C=O) groups excluding carboxylic acids is 5. The van der Waals surface area contributed by atoms with Crippen molar-refractivity contribution in [2.24, 2.45) is 0 Å². The fourth-order valence-corrected chi connectivity index (χ4v) is 2.59. The van der Waals surface area contributed by atoms with E-state index in [9.17, 15) is 24.0 Å². The van der Waals surface area contributed by atoms with Crippen molar-refractivity contribution in [3.05, 3.63) is 28.7 Å². The molecule has 164 valence electrons. The van der Waals surface area contributed by atoms with Crippen molar-refractivity contribution in [2.75, 3.05) is 11.9 Å². The molecule has 10 nitrogen and oxygen atoms in total. The molecular formula is C19H22BrNO9. The van der Waals surface area contributed by atoms with Crippen LogP contribution >= 0.6 is 15.9 Å². The largest absolute Gasteiger partial charge is 0.462 e. The summed E-state index contributed by atoms with van der Waals surface area (Å²) < 4.78 is 20.9. The monoisotopic (exact) mass is 487 g/mol. The van der Waals surface area contributed by atoms with Crippen LogP contribution in [-0.2, 0) is 42.9 Å². The smallest absolute Gasteiger partial charge is 0.303 e. The lowest BCUT2D eigenvalue weighted by Crippen LogP contribution is -2.52. The molecule has 30 heavy (non-hydrogen) atoms. The predicted molar refractivity (Wildman–Crippen MR) is 106 cm³/mol. The minimum atomic E-state index is -1.70. The van der Waals surface area contributed by atoms with E-state index < -0.39 is 54.7 Å². The highest BCUT2D eigenvalue weighted by molar-refractivity contribution is 9.10. The molecule has 3 atom stereocenters. The minimum absolute atomic E-state index is 0.367. The molecule has 0 unspecified atom stereocenters. The fourth-order valence-electron chi connectivity index (χ4n) is 2.33. The first-order valence-electron chi connectivity index (χ1n) is 8.71. The minimum Gasteiger partial charge on any atom is -0.462 e. The predicted octanol–water partition coefficient (Wildman–Crippen LogP) is 1.75. The highest BCUT2D eigenvalue weighted by atomic mass is 79.9. The molecule has 0 bridgehead atoms. The van der Waals surface area contributed by atoms with E-state index in [0.29, 0.717) is 5.69 Å². The maximum atomic E-state index is 12.8. The molecule has 0 heterocycles. The fraction of sp³-hybridized carbons (Fsp3) is 0.421. The Morgan fingerprint density at radius 1 is 0.833 bits per heavy atom. The van der Waals surface area contributed by atoms with Crippen LogP contribution < -0.4 is 5.32 Å². The Morgan fingerprint density at radius 3 is 1.83 bits per heavy atom. The standard InChI is InChI=1S/C19H22BrNO9/c1-10(22)27-9-16(28-11(2)23)17(29-12(3)24)18(30-13(4)25)19(26)21-15-7-5-14(20)6-8-15/h5-8,16-18H,9H2,1-4H3,(H,21,26)/t16-,17+,18+/m0/s1. The highest BCUT2D eigenvalue weighted by Gasteiger charge is 2.42. The summed E-state index contributed by atoms with van der Waals surface area (Å²) in [7, 11) is 0. The second-order valence-electron chi connectivity index (χ2n) is 6.05. The van der Waals surface area contributed by atoms with Gasteiger partial charge in [-0.2, -0.15) is 0 Å². The van der Waals surface area contributed by atoms with Gasteiger partial charge in [-0.3, -0.25) is 24.0 Å². The third kappa shape index (κ3) is 9.03. The molecule has 11 heteroatoms. The molecule has 0 radical (unpaired) electrons. The summed E-state index contributed by atoms with van der Waals surface area (Å²) in [6.07, 6.45) is -4.68. The zero-order valence-corrected chi connectivity index (χ0v) is 18.4. The summed E-state index contributed by atoms with van der Waals surface area (Å²) >= 11 is 3.27. The summed E-state index contributed by atoms with van der Waals surface area (Å²) in [6.45, 7) is 3.78. The number of hydrogen-bond donors (Lipinski definition) is 1. The molecule has 0 aliphatic heterocycles. The van der Waals surface area contributed by atoms with Gasteiger partial charge in [0.25, 0.3) is 5.91 Å². The van der Waals surface area contributed by atoms with Crippen LogP contribution in [0.25, 0.3) is 0 Å². The van der Waals surface area contributed by atoms with Crippen molar-refractivity contribution in [1.82, 2.24) is 0 Å². The number of halogens is 1. The van der Waals surface area contributed by atoms with E-state index in [0.717, 1.165) is 32.2 Å². The van der Waals surface area contributed by atoms with E-state index >= 15 is 0 Å². The SMILES string of the molecule is CC(=O)OC[C@H](OC(C)=O)[C@@H](OC(C)=O)[C@@H](OC(C)=O)C(=O)Nc1ccc(Br)cc1. The van der Waals surface area contributed by atoms with Gasteiger partial charge in [-0.15, -0.1) is 0 Å². The lowest BCUT2D eigenvalue weighted by molar-refractivity contribution is -0.190. The average molecular weight is 488 g/mol. The first-order valence-corrected chi connectivity index (χ1v) is 9.50. The molecule has 1 amide bonds. The van der Waals surface area contributed by atoms with Crippen LogP contribution in [0.1, 0.15) is 27.7 Å². The normalized spacial score (nSPS) is 13.2. The third-order valence-electron chi connectivity index (χ3n) is 3.40. The zero-order valence-electron chi connectivity index (χ0n) is 16.8. The van der Waals surface area contributed by atoms with Crippen molar-refractivity contribution in [1.29, 1.82) is 0 Å². The Kier molecular flexibility index (Phi) is 9.96. The van der Waals surface area contributed by atoms with Gasteiger partial charge in [-0.25, -0.2) is 0 Å². The first kappa shape index (κ1) is 25.1. The number of hydrogen-bond acceptors (Lipinski definition) is 9. The highest BCUT2D eigenvalue weighted by Crippen LogP contribution is 2.19. The van der Waals surface area contributed by atoms with Gasteiger partial charge in [0.2, 0.25) is 6.10 Å². The lowest BCUT2D eigenvalue weighted by Gasteiger charge is -2.30. The molecule has 1 N–H and O–H groups in total. The van der Waals surface area contributed by atoms with E-state index in [4.69, 9.17) is 18.9 Å². The van der Waals surface area contributed by atoms with Gasteiger partial charge in [0.05, 0.1) is 0 Å². The Hall–Kier alpha value is -2.95. The van der Waals surface area contributed by atoms with E-state index in [1.165, 1.54) is 0 Å². The Morgan fingerprint density at radius 2 is 1.37 bits per heavy atom. The van der Waals surface area contributed by atoms with Gasteiger partial charge < -0.3 is 24.3 Å². The van der Waals surface area contributed by atoms with Crippen molar-refractivity contribution >= 4 is 51.4 Å².